The Morgan fingerprint density at radius 2 is 1.97 bits per heavy atom. The molecule has 1 amide bonds. The molecule has 0 spiro atoms. The molecule has 0 fully saturated rings. The van der Waals surface area contributed by atoms with Gasteiger partial charge in [-0.05, 0) is 30.7 Å². The van der Waals surface area contributed by atoms with Gasteiger partial charge >= 0.3 is 0 Å². The van der Waals surface area contributed by atoms with Gasteiger partial charge in [0.15, 0.2) is 0 Å². The van der Waals surface area contributed by atoms with Crippen molar-refractivity contribution in [2.75, 3.05) is 5.32 Å². The van der Waals surface area contributed by atoms with Gasteiger partial charge in [0.25, 0.3) is 11.6 Å². The number of benzene rings is 3. The lowest BCUT2D eigenvalue weighted by molar-refractivity contribution is -0.384. The Morgan fingerprint density at radius 3 is 2.70 bits per heavy atom. The predicted molar refractivity (Wildman–Crippen MR) is 116 cm³/mol. The highest BCUT2D eigenvalue weighted by atomic mass is 35.5. The van der Waals surface area contributed by atoms with Crippen molar-refractivity contribution in [2.45, 2.75) is 6.92 Å². The maximum absolute atomic E-state index is 14.2. The van der Waals surface area contributed by atoms with Gasteiger partial charge in [-0.3, -0.25) is 14.9 Å². The highest BCUT2D eigenvalue weighted by Crippen LogP contribution is 2.33. The van der Waals surface area contributed by atoms with Gasteiger partial charge in [0.2, 0.25) is 0 Å². The number of nitro groups is 1. The predicted octanol–water partition coefficient (Wildman–Crippen LogP) is 6.22. The molecule has 0 radical (unpaired) electrons. The Balaban J connectivity index is 1.68. The molecule has 150 valence electrons. The summed E-state index contributed by atoms with van der Waals surface area (Å²) in [6.07, 6.45) is 0. The van der Waals surface area contributed by atoms with Crippen molar-refractivity contribution in [2.24, 2.45) is 0 Å². The first kappa shape index (κ1) is 19.9. The minimum absolute atomic E-state index is 0.372. The molecule has 0 saturated carbocycles. The molecule has 3 aromatic carbocycles. The summed E-state index contributed by atoms with van der Waals surface area (Å²) in [5, 5.41) is 14.1. The van der Waals surface area contributed by atoms with E-state index in [0.29, 0.717) is 5.69 Å². The molecule has 0 unspecified atom stereocenters. The third-order valence-corrected chi connectivity index (χ3v) is 5.89. The molecule has 0 aliphatic carbocycles. The number of aromatic nitrogens is 1. The van der Waals surface area contributed by atoms with Crippen LogP contribution in [-0.4, -0.2) is 15.8 Å². The van der Waals surface area contributed by atoms with Crippen molar-refractivity contribution < 1.29 is 14.1 Å². The highest BCUT2D eigenvalue weighted by Gasteiger charge is 2.22. The van der Waals surface area contributed by atoms with Gasteiger partial charge in [-0.1, -0.05) is 35.9 Å². The van der Waals surface area contributed by atoms with E-state index in [1.807, 2.05) is 36.4 Å². The van der Waals surface area contributed by atoms with Gasteiger partial charge < -0.3 is 5.32 Å². The lowest BCUT2D eigenvalue weighted by Gasteiger charge is -2.11. The zero-order valence-electron chi connectivity index (χ0n) is 15.5. The normalized spacial score (nSPS) is 10.9. The van der Waals surface area contributed by atoms with Gasteiger partial charge in [0, 0.05) is 23.4 Å². The zero-order chi connectivity index (χ0) is 21.4. The summed E-state index contributed by atoms with van der Waals surface area (Å²) in [7, 11) is 0. The van der Waals surface area contributed by atoms with Crippen LogP contribution in [0.4, 0.5) is 15.8 Å². The molecular weight excluding hydrogens is 429 g/mol. The van der Waals surface area contributed by atoms with Gasteiger partial charge in [-0.2, -0.15) is 0 Å². The number of carbonyl (C=O) groups is 1. The maximum Gasteiger partial charge on any atom is 0.288 e. The number of hydrogen-bond acceptors (Lipinski definition) is 5. The van der Waals surface area contributed by atoms with Crippen LogP contribution in [0.2, 0.25) is 5.02 Å². The van der Waals surface area contributed by atoms with Crippen LogP contribution in [0.5, 0.6) is 0 Å². The number of carbonyl (C=O) groups excluding carboxylic acids is 1. The Kier molecular flexibility index (Phi) is 5.19. The third kappa shape index (κ3) is 3.74. The smallest absolute Gasteiger partial charge is 0.288 e. The second kappa shape index (κ2) is 7.81. The average Bonchev–Trinajstić information content (AvgIpc) is 3.13. The Morgan fingerprint density at radius 1 is 1.20 bits per heavy atom. The van der Waals surface area contributed by atoms with Crippen LogP contribution in [0.3, 0.4) is 0 Å². The number of halogens is 2. The fraction of sp³-hybridized carbons (Fsp3) is 0.0476. The molecule has 1 N–H and O–H groups in total. The largest absolute Gasteiger partial charge is 0.322 e. The number of anilines is 1. The standard InChI is InChI=1S/C21H13ClFN3O3S/c1-11-6-7-12(21-25-16-4-2-3-5-19(16)30-21)8-17(11)24-20(27)13-9-18(26(28)29)14(22)10-15(13)23/h2-10H,1H3,(H,24,27). The second-order valence-corrected chi connectivity index (χ2v) is 7.95. The molecule has 6 nitrogen and oxygen atoms in total. The summed E-state index contributed by atoms with van der Waals surface area (Å²) in [6.45, 7) is 1.79. The van der Waals surface area contributed by atoms with E-state index in [1.54, 1.807) is 13.0 Å². The van der Waals surface area contributed by atoms with E-state index in [0.717, 1.165) is 38.5 Å². The molecule has 0 aliphatic heterocycles. The molecular formula is C21H13ClFN3O3S. The molecule has 4 aromatic rings. The van der Waals surface area contributed by atoms with Crippen LogP contribution < -0.4 is 5.32 Å². The molecule has 1 heterocycles. The molecule has 4 rings (SSSR count). The van der Waals surface area contributed by atoms with E-state index in [2.05, 4.69) is 10.3 Å². The Bertz CT molecular complexity index is 1290. The van der Waals surface area contributed by atoms with Crippen LogP contribution in [0.1, 0.15) is 15.9 Å². The minimum Gasteiger partial charge on any atom is -0.322 e. The summed E-state index contributed by atoms with van der Waals surface area (Å²) in [5.41, 5.74) is 1.86. The summed E-state index contributed by atoms with van der Waals surface area (Å²) >= 11 is 7.21. The lowest BCUT2D eigenvalue weighted by Crippen LogP contribution is -2.15. The number of nitro benzene ring substituents is 1. The third-order valence-electron chi connectivity index (χ3n) is 4.50. The number of para-hydroxylation sites is 1. The fourth-order valence-electron chi connectivity index (χ4n) is 2.93. The van der Waals surface area contributed by atoms with Crippen molar-refractivity contribution in [3.05, 3.63) is 86.7 Å². The summed E-state index contributed by atoms with van der Waals surface area (Å²) < 4.78 is 15.3. The molecule has 0 atom stereocenters. The van der Waals surface area contributed by atoms with Gasteiger partial charge in [0.1, 0.15) is 15.8 Å². The van der Waals surface area contributed by atoms with E-state index < -0.39 is 27.9 Å². The molecule has 0 saturated heterocycles. The van der Waals surface area contributed by atoms with Crippen LogP contribution in [0.25, 0.3) is 20.8 Å². The maximum atomic E-state index is 14.2. The molecule has 30 heavy (non-hydrogen) atoms. The number of aryl methyl sites for hydroxylation is 1. The van der Waals surface area contributed by atoms with E-state index >= 15 is 0 Å². The number of thiazole rings is 1. The van der Waals surface area contributed by atoms with Gasteiger partial charge in [-0.15, -0.1) is 11.3 Å². The van der Waals surface area contributed by atoms with Crippen LogP contribution in [-0.2, 0) is 0 Å². The van der Waals surface area contributed by atoms with Crippen molar-refractivity contribution in [3.63, 3.8) is 0 Å². The molecule has 9 heteroatoms. The topological polar surface area (TPSA) is 85.1 Å². The number of nitrogens with one attached hydrogen (secondary N) is 1. The van der Waals surface area contributed by atoms with E-state index in [1.165, 1.54) is 11.3 Å². The van der Waals surface area contributed by atoms with Crippen LogP contribution >= 0.6 is 22.9 Å². The van der Waals surface area contributed by atoms with Gasteiger partial charge in [-0.25, -0.2) is 9.37 Å². The Hall–Kier alpha value is -3.36. The number of fused-ring (bicyclic) bond motifs is 1. The van der Waals surface area contributed by atoms with E-state index in [4.69, 9.17) is 11.6 Å². The highest BCUT2D eigenvalue weighted by molar-refractivity contribution is 7.21. The van der Waals surface area contributed by atoms with Crippen molar-refractivity contribution in [1.82, 2.24) is 4.98 Å². The van der Waals surface area contributed by atoms with E-state index in [-0.39, 0.29) is 5.02 Å². The zero-order valence-corrected chi connectivity index (χ0v) is 17.1. The first-order valence-electron chi connectivity index (χ1n) is 8.75. The molecule has 0 bridgehead atoms. The van der Waals surface area contributed by atoms with Crippen molar-refractivity contribution in [3.8, 4) is 10.6 Å². The number of rotatable bonds is 4. The summed E-state index contributed by atoms with van der Waals surface area (Å²) in [6, 6.07) is 14.8. The SMILES string of the molecule is Cc1ccc(-c2nc3ccccc3s2)cc1NC(=O)c1cc([N+](=O)[O-])c(Cl)cc1F. The average molecular weight is 442 g/mol. The first-order valence-corrected chi connectivity index (χ1v) is 9.94. The fourth-order valence-corrected chi connectivity index (χ4v) is 4.11. The van der Waals surface area contributed by atoms with Crippen LogP contribution in [0, 0.1) is 22.9 Å². The summed E-state index contributed by atoms with van der Waals surface area (Å²) in [4.78, 5) is 27.5. The van der Waals surface area contributed by atoms with E-state index in [9.17, 15) is 19.3 Å². The van der Waals surface area contributed by atoms with Crippen molar-refractivity contribution >= 4 is 50.4 Å². The lowest BCUT2D eigenvalue weighted by atomic mass is 10.1. The number of nitrogens with zero attached hydrogens (tertiary/aromatic N) is 2. The summed E-state index contributed by atoms with van der Waals surface area (Å²) in [5.74, 6) is -1.75. The van der Waals surface area contributed by atoms with Crippen LogP contribution in [0.15, 0.2) is 54.6 Å². The number of amides is 1. The Labute approximate surface area is 179 Å². The first-order chi connectivity index (χ1) is 14.3. The molecule has 0 aliphatic rings. The quantitative estimate of drug-likeness (QED) is 0.300. The van der Waals surface area contributed by atoms with Crippen molar-refractivity contribution in [1.29, 1.82) is 0 Å². The second-order valence-electron chi connectivity index (χ2n) is 6.51. The minimum atomic E-state index is -0.942. The molecule has 1 aromatic heterocycles. The monoisotopic (exact) mass is 441 g/mol. The van der Waals surface area contributed by atoms with Gasteiger partial charge in [0.05, 0.1) is 20.7 Å². The number of hydrogen-bond donors (Lipinski definition) is 1.